The lowest BCUT2D eigenvalue weighted by Crippen LogP contribution is -2.73. The molecule has 0 aliphatic carbocycles. The van der Waals surface area contributed by atoms with Crippen LogP contribution in [0.2, 0.25) is 0 Å². The SMILES string of the molecule is CCCCCN1C(=O)[C@H](CC(C)C)NC(=O)C12CCN(CCCCCc1ccccc1)CC2. The van der Waals surface area contributed by atoms with Crippen LogP contribution in [0, 0.1) is 5.92 Å². The van der Waals surface area contributed by atoms with E-state index in [2.05, 4.69) is 61.3 Å². The molecular formula is C28H45N3O2. The van der Waals surface area contributed by atoms with E-state index in [1.165, 1.54) is 24.8 Å². The molecule has 1 atom stereocenters. The van der Waals surface area contributed by atoms with Crippen molar-refractivity contribution in [2.24, 2.45) is 5.92 Å². The Balaban J connectivity index is 1.51. The van der Waals surface area contributed by atoms with Crippen molar-refractivity contribution in [2.75, 3.05) is 26.2 Å². The van der Waals surface area contributed by atoms with Crippen LogP contribution in [0.5, 0.6) is 0 Å². The van der Waals surface area contributed by atoms with Crippen molar-refractivity contribution in [1.29, 1.82) is 0 Å². The third-order valence-corrected chi connectivity index (χ3v) is 7.47. The Labute approximate surface area is 201 Å². The van der Waals surface area contributed by atoms with Crippen molar-refractivity contribution in [1.82, 2.24) is 15.1 Å². The number of unbranched alkanes of at least 4 members (excludes halogenated alkanes) is 4. The van der Waals surface area contributed by atoms with Crippen LogP contribution in [0.4, 0.5) is 0 Å². The molecule has 1 aromatic rings. The van der Waals surface area contributed by atoms with E-state index in [1.54, 1.807) is 0 Å². The van der Waals surface area contributed by atoms with Crippen molar-refractivity contribution in [3.8, 4) is 0 Å². The molecule has 2 amide bonds. The summed E-state index contributed by atoms with van der Waals surface area (Å²) >= 11 is 0. The molecule has 0 aromatic heterocycles. The summed E-state index contributed by atoms with van der Waals surface area (Å²) in [6.07, 6.45) is 10.2. The molecule has 0 radical (unpaired) electrons. The van der Waals surface area contributed by atoms with E-state index in [9.17, 15) is 9.59 Å². The third kappa shape index (κ3) is 6.81. The minimum Gasteiger partial charge on any atom is -0.342 e. The fraction of sp³-hybridized carbons (Fsp3) is 0.714. The highest BCUT2D eigenvalue weighted by Gasteiger charge is 2.53. The number of aryl methyl sites for hydroxylation is 1. The van der Waals surface area contributed by atoms with Gasteiger partial charge in [0, 0.05) is 19.6 Å². The van der Waals surface area contributed by atoms with Gasteiger partial charge in [-0.3, -0.25) is 9.59 Å². The number of piperidine rings is 1. The van der Waals surface area contributed by atoms with Crippen LogP contribution in [-0.4, -0.2) is 59.4 Å². The predicted molar refractivity (Wildman–Crippen MR) is 135 cm³/mol. The van der Waals surface area contributed by atoms with Crippen LogP contribution < -0.4 is 5.32 Å². The lowest BCUT2D eigenvalue weighted by Gasteiger charge is -2.52. The zero-order valence-electron chi connectivity index (χ0n) is 21.2. The number of rotatable bonds is 12. The van der Waals surface area contributed by atoms with Crippen molar-refractivity contribution in [3.63, 3.8) is 0 Å². The van der Waals surface area contributed by atoms with Gasteiger partial charge >= 0.3 is 0 Å². The van der Waals surface area contributed by atoms with E-state index in [1.807, 2.05) is 4.90 Å². The van der Waals surface area contributed by atoms with E-state index in [4.69, 9.17) is 0 Å². The van der Waals surface area contributed by atoms with E-state index in [0.717, 1.165) is 64.6 Å². The van der Waals surface area contributed by atoms with Gasteiger partial charge < -0.3 is 15.1 Å². The summed E-state index contributed by atoms with van der Waals surface area (Å²) < 4.78 is 0. The molecule has 184 valence electrons. The van der Waals surface area contributed by atoms with Gasteiger partial charge in [0.25, 0.3) is 0 Å². The Hall–Kier alpha value is -1.88. The van der Waals surface area contributed by atoms with E-state index in [-0.39, 0.29) is 17.9 Å². The minimum atomic E-state index is -0.637. The van der Waals surface area contributed by atoms with Gasteiger partial charge in [-0.05, 0) is 63.0 Å². The first kappa shape index (κ1) is 25.7. The second kappa shape index (κ2) is 12.5. The molecule has 2 fully saturated rings. The Morgan fingerprint density at radius 1 is 0.970 bits per heavy atom. The van der Waals surface area contributed by atoms with Gasteiger partial charge in [-0.1, -0.05) is 70.4 Å². The van der Waals surface area contributed by atoms with Gasteiger partial charge in [0.15, 0.2) is 0 Å². The maximum absolute atomic E-state index is 13.4. The van der Waals surface area contributed by atoms with Crippen molar-refractivity contribution >= 4 is 11.8 Å². The second-order valence-electron chi connectivity index (χ2n) is 10.5. The molecule has 1 aromatic carbocycles. The Morgan fingerprint density at radius 2 is 1.67 bits per heavy atom. The molecule has 2 heterocycles. The number of nitrogens with zero attached hydrogens (tertiary/aromatic N) is 2. The van der Waals surface area contributed by atoms with Crippen LogP contribution in [0.25, 0.3) is 0 Å². The molecule has 1 N–H and O–H groups in total. The lowest BCUT2D eigenvalue weighted by molar-refractivity contribution is -0.161. The van der Waals surface area contributed by atoms with Crippen molar-refractivity contribution in [2.45, 2.75) is 96.6 Å². The number of piperazine rings is 1. The predicted octanol–water partition coefficient (Wildman–Crippen LogP) is 4.80. The molecule has 33 heavy (non-hydrogen) atoms. The molecule has 2 saturated heterocycles. The maximum atomic E-state index is 13.4. The first-order chi connectivity index (χ1) is 16.0. The fourth-order valence-electron chi connectivity index (χ4n) is 5.48. The van der Waals surface area contributed by atoms with Crippen LogP contribution in [0.15, 0.2) is 30.3 Å². The Bertz CT molecular complexity index is 741. The molecular weight excluding hydrogens is 410 g/mol. The minimum absolute atomic E-state index is 0.0896. The van der Waals surface area contributed by atoms with E-state index < -0.39 is 5.54 Å². The van der Waals surface area contributed by atoms with Gasteiger partial charge in [0.1, 0.15) is 11.6 Å². The van der Waals surface area contributed by atoms with E-state index in [0.29, 0.717) is 12.5 Å². The number of hydrogen-bond acceptors (Lipinski definition) is 3. The number of amides is 2. The molecule has 0 unspecified atom stereocenters. The highest BCUT2D eigenvalue weighted by atomic mass is 16.2. The topological polar surface area (TPSA) is 52.7 Å². The van der Waals surface area contributed by atoms with Gasteiger partial charge in [-0.2, -0.15) is 0 Å². The number of nitrogens with one attached hydrogen (secondary N) is 1. The Kier molecular flexibility index (Phi) is 9.78. The van der Waals surface area contributed by atoms with Gasteiger partial charge in [0.2, 0.25) is 11.8 Å². The van der Waals surface area contributed by atoms with Crippen molar-refractivity contribution in [3.05, 3.63) is 35.9 Å². The van der Waals surface area contributed by atoms with Crippen LogP contribution in [-0.2, 0) is 16.0 Å². The number of carbonyl (C=O) groups is 2. The molecule has 2 aliphatic heterocycles. The Morgan fingerprint density at radius 3 is 2.33 bits per heavy atom. The van der Waals surface area contributed by atoms with Crippen LogP contribution in [0.3, 0.4) is 0 Å². The summed E-state index contributed by atoms with van der Waals surface area (Å²) in [6, 6.07) is 10.4. The standard InChI is InChI=1S/C28H45N3O2/c1-4-5-11-19-31-26(32)25(22-23(2)3)29-27(33)28(31)16-20-30(21-17-28)18-12-7-10-15-24-13-8-6-9-14-24/h6,8-9,13-14,23,25H,4-5,7,10-12,15-22H2,1-3H3,(H,29,33)/t25-/m0/s1. The summed E-state index contributed by atoms with van der Waals surface area (Å²) in [5.74, 6) is 0.620. The lowest BCUT2D eigenvalue weighted by atomic mass is 9.80. The smallest absolute Gasteiger partial charge is 0.246 e. The summed E-state index contributed by atoms with van der Waals surface area (Å²) in [5.41, 5.74) is 0.784. The zero-order valence-corrected chi connectivity index (χ0v) is 21.2. The average molecular weight is 456 g/mol. The molecule has 5 nitrogen and oxygen atoms in total. The summed E-state index contributed by atoms with van der Waals surface area (Å²) in [7, 11) is 0. The van der Waals surface area contributed by atoms with E-state index >= 15 is 0 Å². The first-order valence-electron chi connectivity index (χ1n) is 13.3. The van der Waals surface area contributed by atoms with Crippen LogP contribution >= 0.6 is 0 Å². The highest BCUT2D eigenvalue weighted by Crippen LogP contribution is 2.34. The number of likely N-dealkylation sites (tertiary alicyclic amines) is 1. The number of carbonyl (C=O) groups excluding carboxylic acids is 2. The summed E-state index contributed by atoms with van der Waals surface area (Å²) in [4.78, 5) is 31.3. The molecule has 0 bridgehead atoms. The third-order valence-electron chi connectivity index (χ3n) is 7.47. The molecule has 5 heteroatoms. The van der Waals surface area contributed by atoms with Gasteiger partial charge in [-0.15, -0.1) is 0 Å². The van der Waals surface area contributed by atoms with Gasteiger partial charge in [-0.25, -0.2) is 0 Å². The average Bonchev–Trinajstić information content (AvgIpc) is 2.81. The molecule has 3 rings (SSSR count). The van der Waals surface area contributed by atoms with Crippen molar-refractivity contribution < 1.29 is 9.59 Å². The second-order valence-corrected chi connectivity index (χ2v) is 10.5. The summed E-state index contributed by atoms with van der Waals surface area (Å²) in [5, 5.41) is 3.12. The quantitative estimate of drug-likeness (QED) is 0.461. The molecule has 0 saturated carbocycles. The first-order valence-corrected chi connectivity index (χ1v) is 13.3. The number of benzene rings is 1. The zero-order chi connectivity index (χ0) is 23.7. The summed E-state index contributed by atoms with van der Waals surface area (Å²) in [6.45, 7) is 10.0. The molecule has 2 aliphatic rings. The van der Waals surface area contributed by atoms with Gasteiger partial charge in [0.05, 0.1) is 0 Å². The monoisotopic (exact) mass is 455 g/mol. The van der Waals surface area contributed by atoms with Crippen LogP contribution in [0.1, 0.15) is 84.1 Å². The largest absolute Gasteiger partial charge is 0.342 e. The maximum Gasteiger partial charge on any atom is 0.246 e. The normalized spacial score (nSPS) is 21.1. The fourth-order valence-corrected chi connectivity index (χ4v) is 5.48. The molecule has 1 spiro atoms. The number of hydrogen-bond donors (Lipinski definition) is 1. The highest BCUT2D eigenvalue weighted by molar-refractivity contribution is 6.00.